The van der Waals surface area contributed by atoms with Crippen molar-refractivity contribution >= 4 is 24.7 Å². The fourth-order valence-corrected chi connectivity index (χ4v) is 0. The minimum atomic E-state index is -0.0664. The molecule has 0 nitrogen and oxygen atoms in total. The third-order valence-electron chi connectivity index (χ3n) is 0.0436. The molecule has 0 heterocycles. The second kappa shape index (κ2) is 8.86. The summed E-state index contributed by atoms with van der Waals surface area (Å²) in [7, 11) is 2.89. The average Bonchev–Trinajstić information content (AvgIpc) is 1.37. The van der Waals surface area contributed by atoms with E-state index in [1.54, 1.807) is 0 Å². The van der Waals surface area contributed by atoms with Gasteiger partial charge in [-0.05, 0) is 7.56 Å². The van der Waals surface area contributed by atoms with Gasteiger partial charge >= 0.3 is 0 Å². The van der Waals surface area contributed by atoms with Crippen LogP contribution in [0, 0.1) is 0 Å². The van der Waals surface area contributed by atoms with Gasteiger partial charge in [0.1, 0.15) is 8.18 Å². The van der Waals surface area contributed by atoms with Crippen molar-refractivity contribution in [3.63, 3.8) is 0 Å². The number of hydrogen-bond acceptors (Lipinski definition) is 0. The van der Waals surface area contributed by atoms with Crippen molar-refractivity contribution in [2.75, 3.05) is 0 Å². The Morgan fingerprint density at radius 3 is 1.80 bits per heavy atom. The number of rotatable bonds is 0. The summed E-state index contributed by atoms with van der Waals surface area (Å²) in [5.74, 6) is 0. The van der Waals surface area contributed by atoms with Crippen LogP contribution in [0.5, 0.6) is 0 Å². The van der Waals surface area contributed by atoms with Gasteiger partial charge in [0, 0.05) is 0 Å². The molecule has 1 atom stereocenters. The van der Waals surface area contributed by atoms with Gasteiger partial charge in [0.2, 0.25) is 0 Å². The van der Waals surface area contributed by atoms with Crippen LogP contribution >= 0.6 is 24.7 Å². The van der Waals surface area contributed by atoms with Crippen molar-refractivity contribution < 1.29 is 8.90 Å². The zero-order valence-corrected chi connectivity index (χ0v) is 5.20. The van der Waals surface area contributed by atoms with E-state index in [1.165, 1.54) is 0 Å². The molecule has 0 bridgehead atoms. The monoisotopic (exact) mass is 134 g/mol. The van der Waals surface area contributed by atoms with E-state index in [-0.39, 0.29) is 12.9 Å². The van der Waals surface area contributed by atoms with E-state index in [9.17, 15) is 4.20 Å². The van der Waals surface area contributed by atoms with Crippen LogP contribution in [-0.2, 0) is 0 Å². The Bertz CT molecular complexity index is 20.1. The molecule has 0 aromatic heterocycles. The van der Waals surface area contributed by atoms with Gasteiger partial charge in [-0.15, -0.1) is 0 Å². The molecule has 0 aliphatic heterocycles. The van der Waals surface area contributed by atoms with Gasteiger partial charge in [-0.1, -0.05) is 8.93 Å². The molecule has 5 heavy (non-hydrogen) atoms. The van der Waals surface area contributed by atoms with Crippen molar-refractivity contribution in [1.29, 1.82) is 0 Å². The summed E-state index contributed by atoms with van der Waals surface area (Å²) in [6, 6.07) is 0. The summed E-state index contributed by atoms with van der Waals surface area (Å²) >= 11 is 0. The first-order valence-electron chi connectivity index (χ1n) is 0.627. The summed E-state index contributed by atoms with van der Waals surface area (Å²) in [4.78, 5) is 0. The van der Waals surface area contributed by atoms with Crippen LogP contribution in [-0.4, -0.2) is 0 Å². The maximum atomic E-state index is 10.7. The van der Waals surface area contributed by atoms with Gasteiger partial charge in [-0.3, -0.25) is 4.70 Å². The Morgan fingerprint density at radius 1 is 1.60 bits per heavy atom. The van der Waals surface area contributed by atoms with Crippen molar-refractivity contribution in [3.8, 4) is 0 Å². The third kappa shape index (κ3) is 11.4. The molecule has 0 amide bonds. The quantitative estimate of drug-likeness (QED) is 0.446. The molecule has 0 rings (SSSR count). The lowest BCUT2D eigenvalue weighted by molar-refractivity contribution is 0.938. The fraction of sp³-hybridized carbons (Fsp3) is 0. The SMILES string of the molecule is F.FP=PP. The smallest absolute Gasteiger partial charge is 0.144 e. The number of halogens is 2. The van der Waals surface area contributed by atoms with E-state index in [0.29, 0.717) is 0 Å². The molecule has 0 aromatic carbocycles. The largest absolute Gasteiger partial charge is 0.269 e. The van der Waals surface area contributed by atoms with Crippen LogP contribution in [0.3, 0.4) is 0 Å². The van der Waals surface area contributed by atoms with E-state index in [0.717, 1.165) is 7.56 Å². The molecule has 0 radical (unpaired) electrons. The molecule has 0 N–H and O–H groups in total. The summed E-state index contributed by atoms with van der Waals surface area (Å²) < 4.78 is 10.7. The van der Waals surface area contributed by atoms with Crippen LogP contribution in [0.4, 0.5) is 8.90 Å². The molecule has 0 spiro atoms. The van der Waals surface area contributed by atoms with E-state index in [2.05, 4.69) is 8.93 Å². The first-order valence-corrected chi connectivity index (χ1v) is 4.63. The molecular formula is H3F2P3. The number of hydrogen-bond donors (Lipinski definition) is 0. The van der Waals surface area contributed by atoms with E-state index >= 15 is 0 Å². The highest BCUT2D eigenvalue weighted by molar-refractivity contribution is 8.17. The van der Waals surface area contributed by atoms with E-state index in [4.69, 9.17) is 0 Å². The third-order valence-corrected chi connectivity index (χ3v) is 1.18. The van der Waals surface area contributed by atoms with Crippen LogP contribution in [0.1, 0.15) is 0 Å². The molecule has 5 heteroatoms. The predicted octanol–water partition coefficient (Wildman–Crippen LogP) is 2.62. The normalized spacial score (nSPS) is 7.60. The molecule has 1 unspecified atom stereocenters. The summed E-state index contributed by atoms with van der Waals surface area (Å²) in [5.41, 5.74) is 0. The molecule has 0 fully saturated rings. The van der Waals surface area contributed by atoms with Crippen molar-refractivity contribution in [3.05, 3.63) is 0 Å². The molecule has 0 aliphatic carbocycles. The first kappa shape index (κ1) is 9.31. The Kier molecular flexibility index (Phi) is 16.5. The maximum Gasteiger partial charge on any atom is 0.144 e. The molecule has 0 saturated heterocycles. The van der Waals surface area contributed by atoms with E-state index in [1.807, 2.05) is 0 Å². The fourth-order valence-electron chi connectivity index (χ4n) is 0. The predicted molar refractivity (Wildman–Crippen MR) is 27.2 cm³/mol. The van der Waals surface area contributed by atoms with Crippen LogP contribution in [0.15, 0.2) is 0 Å². The standard InChI is InChI=1S/FH2P3.FH/c1-3-4-2;/h2H2;1H. The van der Waals surface area contributed by atoms with Crippen LogP contribution < -0.4 is 0 Å². The zero-order valence-electron chi connectivity index (χ0n) is 2.26. The Hall–Kier alpha value is 0.890. The molecule has 0 saturated carbocycles. The van der Waals surface area contributed by atoms with Crippen molar-refractivity contribution in [1.82, 2.24) is 0 Å². The Labute approximate surface area is 34.5 Å². The van der Waals surface area contributed by atoms with Crippen LogP contribution in [0.25, 0.3) is 0 Å². The van der Waals surface area contributed by atoms with Gasteiger partial charge < -0.3 is 0 Å². The summed E-state index contributed by atoms with van der Waals surface area (Å²) in [5, 5.41) is 0. The lowest BCUT2D eigenvalue weighted by Crippen LogP contribution is -0.654. The summed E-state index contributed by atoms with van der Waals surface area (Å²) in [6.45, 7) is 0. The van der Waals surface area contributed by atoms with Crippen LogP contribution in [0.2, 0.25) is 0 Å². The van der Waals surface area contributed by atoms with Gasteiger partial charge in [-0.2, -0.15) is 4.20 Å². The molecule has 0 aliphatic rings. The average molecular weight is 134 g/mol. The second-order valence-electron chi connectivity index (χ2n) is 0.191. The maximum absolute atomic E-state index is 10.7. The minimum Gasteiger partial charge on any atom is -0.269 e. The van der Waals surface area contributed by atoms with Gasteiger partial charge in [0.15, 0.2) is 0 Å². The topological polar surface area (TPSA) is 0 Å². The lowest BCUT2D eigenvalue weighted by Gasteiger charge is -1.42. The summed E-state index contributed by atoms with van der Waals surface area (Å²) in [6.07, 6.45) is 0. The zero-order chi connectivity index (χ0) is 3.41. The highest BCUT2D eigenvalue weighted by Gasteiger charge is 1.42. The highest BCUT2D eigenvalue weighted by atomic mass is 32.2. The molecule has 32 valence electrons. The van der Waals surface area contributed by atoms with Crippen molar-refractivity contribution in [2.24, 2.45) is 0 Å². The molecule has 0 aromatic rings. The highest BCUT2D eigenvalue weighted by Crippen LogP contribution is 2.22. The van der Waals surface area contributed by atoms with Gasteiger partial charge in [-0.25, -0.2) is 0 Å². The van der Waals surface area contributed by atoms with E-state index < -0.39 is 0 Å². The second-order valence-corrected chi connectivity index (χ2v) is 3.80. The van der Waals surface area contributed by atoms with Crippen molar-refractivity contribution in [2.45, 2.75) is 0 Å². The van der Waals surface area contributed by atoms with Gasteiger partial charge in [0.05, 0.1) is 0 Å². The molecular weight excluding hydrogens is 131 g/mol. The Morgan fingerprint density at radius 2 is 1.80 bits per heavy atom. The minimum absolute atomic E-state index is 0. The first-order chi connectivity index (χ1) is 1.91. The Balaban J connectivity index is 0. The lowest BCUT2D eigenvalue weighted by atomic mass is 18.9. The van der Waals surface area contributed by atoms with Gasteiger partial charge in [0.25, 0.3) is 0 Å².